The van der Waals surface area contributed by atoms with Gasteiger partial charge < -0.3 is 11.1 Å². The van der Waals surface area contributed by atoms with Crippen molar-refractivity contribution < 1.29 is 0 Å². The van der Waals surface area contributed by atoms with Gasteiger partial charge in [0.2, 0.25) is 0 Å². The van der Waals surface area contributed by atoms with E-state index in [-0.39, 0.29) is 0 Å². The lowest BCUT2D eigenvalue weighted by atomic mass is 10.2. The van der Waals surface area contributed by atoms with E-state index in [0.29, 0.717) is 11.6 Å². The van der Waals surface area contributed by atoms with Crippen LogP contribution in [0.5, 0.6) is 0 Å². The van der Waals surface area contributed by atoms with Gasteiger partial charge in [-0.05, 0) is 37.0 Å². The van der Waals surface area contributed by atoms with Crippen molar-refractivity contribution in [1.82, 2.24) is 9.97 Å². The first-order valence-corrected chi connectivity index (χ1v) is 7.95. The van der Waals surface area contributed by atoms with Gasteiger partial charge >= 0.3 is 0 Å². The molecule has 4 nitrogen and oxygen atoms in total. The van der Waals surface area contributed by atoms with Gasteiger partial charge in [-0.3, -0.25) is 0 Å². The van der Waals surface area contributed by atoms with Crippen LogP contribution in [0.3, 0.4) is 0 Å². The van der Waals surface area contributed by atoms with Gasteiger partial charge in [-0.2, -0.15) is 11.8 Å². The summed E-state index contributed by atoms with van der Waals surface area (Å²) in [5.74, 6) is 2.41. The second-order valence-corrected chi connectivity index (χ2v) is 5.41. The van der Waals surface area contributed by atoms with Crippen LogP contribution in [0.1, 0.15) is 19.3 Å². The van der Waals surface area contributed by atoms with E-state index in [2.05, 4.69) is 21.5 Å². The Bertz CT molecular complexity index is 530. The summed E-state index contributed by atoms with van der Waals surface area (Å²) in [4.78, 5) is 8.86. The van der Waals surface area contributed by atoms with Crippen LogP contribution in [0, 0.1) is 0 Å². The molecule has 5 heteroatoms. The van der Waals surface area contributed by atoms with Crippen molar-refractivity contribution in [1.29, 1.82) is 0 Å². The van der Waals surface area contributed by atoms with E-state index in [4.69, 9.17) is 5.73 Å². The number of anilines is 2. The van der Waals surface area contributed by atoms with E-state index < -0.39 is 0 Å². The summed E-state index contributed by atoms with van der Waals surface area (Å²) < 4.78 is 0. The number of nitrogens with two attached hydrogens (primary N) is 1. The number of aromatic nitrogens is 2. The number of thioether (sulfide) groups is 1. The number of para-hydroxylation sites is 2. The SMILES string of the molecule is CSCCCCCNc1nc2ccccc2nc1N. The molecule has 0 spiro atoms. The van der Waals surface area contributed by atoms with Crippen LogP contribution < -0.4 is 11.1 Å². The van der Waals surface area contributed by atoms with Crippen molar-refractivity contribution in [3.8, 4) is 0 Å². The largest absolute Gasteiger partial charge is 0.381 e. The average Bonchev–Trinajstić information content (AvgIpc) is 2.43. The molecule has 102 valence electrons. The molecule has 0 aliphatic rings. The molecule has 2 rings (SSSR count). The van der Waals surface area contributed by atoms with Crippen LogP contribution >= 0.6 is 11.8 Å². The highest BCUT2D eigenvalue weighted by Gasteiger charge is 2.04. The normalized spacial score (nSPS) is 10.8. The molecule has 0 unspecified atom stereocenters. The highest BCUT2D eigenvalue weighted by molar-refractivity contribution is 7.98. The summed E-state index contributed by atoms with van der Waals surface area (Å²) in [6.07, 6.45) is 5.77. The summed E-state index contributed by atoms with van der Waals surface area (Å²) in [6, 6.07) is 7.77. The predicted molar refractivity (Wildman–Crippen MR) is 84.7 cm³/mol. The molecule has 3 N–H and O–H groups in total. The van der Waals surface area contributed by atoms with Crippen molar-refractivity contribution in [2.75, 3.05) is 29.6 Å². The molecule has 19 heavy (non-hydrogen) atoms. The van der Waals surface area contributed by atoms with Crippen molar-refractivity contribution in [2.45, 2.75) is 19.3 Å². The number of rotatable bonds is 7. The predicted octanol–water partition coefficient (Wildman–Crippen LogP) is 3.16. The van der Waals surface area contributed by atoms with Gasteiger partial charge in [-0.25, -0.2) is 9.97 Å². The fraction of sp³-hybridized carbons (Fsp3) is 0.429. The Morgan fingerprint density at radius 2 is 1.84 bits per heavy atom. The summed E-state index contributed by atoms with van der Waals surface area (Å²) >= 11 is 1.90. The molecular weight excluding hydrogens is 256 g/mol. The summed E-state index contributed by atoms with van der Waals surface area (Å²) in [7, 11) is 0. The van der Waals surface area contributed by atoms with Crippen LogP contribution in [-0.4, -0.2) is 28.5 Å². The molecule has 0 saturated carbocycles. The number of nitrogens with zero attached hydrogens (tertiary/aromatic N) is 2. The van der Waals surface area contributed by atoms with Gasteiger partial charge in [0, 0.05) is 6.54 Å². The monoisotopic (exact) mass is 276 g/mol. The van der Waals surface area contributed by atoms with Gasteiger partial charge in [0.1, 0.15) is 0 Å². The van der Waals surface area contributed by atoms with E-state index in [1.54, 1.807) is 0 Å². The zero-order chi connectivity index (χ0) is 13.5. The minimum atomic E-state index is 0.475. The van der Waals surface area contributed by atoms with Crippen molar-refractivity contribution >= 4 is 34.4 Å². The highest BCUT2D eigenvalue weighted by Crippen LogP contribution is 2.18. The van der Waals surface area contributed by atoms with Crippen LogP contribution in [0.15, 0.2) is 24.3 Å². The first-order chi connectivity index (χ1) is 9.31. The third-order valence-corrected chi connectivity index (χ3v) is 3.61. The Balaban J connectivity index is 1.91. The van der Waals surface area contributed by atoms with Gasteiger partial charge in [0.25, 0.3) is 0 Å². The summed E-state index contributed by atoms with van der Waals surface area (Å²) in [5.41, 5.74) is 7.62. The van der Waals surface area contributed by atoms with Gasteiger partial charge in [0.15, 0.2) is 11.6 Å². The Hall–Kier alpha value is -1.49. The second-order valence-electron chi connectivity index (χ2n) is 4.43. The molecule has 0 bridgehead atoms. The third kappa shape index (κ3) is 3.99. The van der Waals surface area contributed by atoms with E-state index in [1.807, 2.05) is 36.0 Å². The Kier molecular flexibility index (Phi) is 5.27. The number of hydrogen-bond acceptors (Lipinski definition) is 5. The lowest BCUT2D eigenvalue weighted by molar-refractivity contribution is 0.748. The first-order valence-electron chi connectivity index (χ1n) is 6.56. The smallest absolute Gasteiger partial charge is 0.169 e. The number of nitrogen functional groups attached to an aromatic ring is 1. The topological polar surface area (TPSA) is 63.8 Å². The molecule has 0 saturated heterocycles. The number of unbranched alkanes of at least 4 members (excludes halogenated alkanes) is 2. The van der Waals surface area contributed by atoms with Gasteiger partial charge in [-0.15, -0.1) is 0 Å². The fourth-order valence-electron chi connectivity index (χ4n) is 1.90. The van der Waals surface area contributed by atoms with Crippen LogP contribution in [-0.2, 0) is 0 Å². The Morgan fingerprint density at radius 3 is 2.58 bits per heavy atom. The summed E-state index contributed by atoms with van der Waals surface area (Å²) in [5, 5.41) is 3.28. The maximum Gasteiger partial charge on any atom is 0.169 e. The standard InChI is InChI=1S/C14H20N4S/c1-19-10-6-2-5-9-16-14-13(15)17-11-7-3-4-8-12(11)18-14/h3-4,7-8H,2,5-6,9-10H2,1H3,(H2,15,17)(H,16,18). The molecule has 0 amide bonds. The van der Waals surface area contributed by atoms with Crippen LogP contribution in [0.4, 0.5) is 11.6 Å². The minimum Gasteiger partial charge on any atom is -0.381 e. The van der Waals surface area contributed by atoms with Crippen LogP contribution in [0.2, 0.25) is 0 Å². The van der Waals surface area contributed by atoms with E-state index in [9.17, 15) is 0 Å². The number of hydrogen-bond donors (Lipinski definition) is 2. The fourth-order valence-corrected chi connectivity index (χ4v) is 2.39. The lowest BCUT2D eigenvalue weighted by Crippen LogP contribution is -2.08. The molecule has 0 aliphatic carbocycles. The molecule has 1 aromatic heterocycles. The zero-order valence-electron chi connectivity index (χ0n) is 11.2. The van der Waals surface area contributed by atoms with Crippen molar-refractivity contribution in [2.24, 2.45) is 0 Å². The quantitative estimate of drug-likeness (QED) is 0.761. The molecule has 1 heterocycles. The van der Waals surface area contributed by atoms with Gasteiger partial charge in [-0.1, -0.05) is 18.6 Å². The number of fused-ring (bicyclic) bond motifs is 1. The Morgan fingerprint density at radius 1 is 1.11 bits per heavy atom. The van der Waals surface area contributed by atoms with Crippen molar-refractivity contribution in [3.63, 3.8) is 0 Å². The molecule has 0 radical (unpaired) electrons. The number of nitrogens with one attached hydrogen (secondary N) is 1. The highest BCUT2D eigenvalue weighted by atomic mass is 32.2. The molecular formula is C14H20N4S. The molecule has 0 atom stereocenters. The van der Waals surface area contributed by atoms with Crippen molar-refractivity contribution in [3.05, 3.63) is 24.3 Å². The molecule has 0 aliphatic heterocycles. The first kappa shape index (κ1) is 13.9. The van der Waals surface area contributed by atoms with E-state index in [0.717, 1.165) is 24.0 Å². The molecule has 2 aromatic rings. The second kappa shape index (κ2) is 7.19. The van der Waals surface area contributed by atoms with E-state index >= 15 is 0 Å². The average molecular weight is 276 g/mol. The minimum absolute atomic E-state index is 0.475. The zero-order valence-corrected chi connectivity index (χ0v) is 12.0. The summed E-state index contributed by atoms with van der Waals surface area (Å²) in [6.45, 7) is 0.894. The van der Waals surface area contributed by atoms with Crippen LogP contribution in [0.25, 0.3) is 11.0 Å². The molecule has 1 aromatic carbocycles. The maximum atomic E-state index is 5.91. The Labute approximate surface area is 118 Å². The third-order valence-electron chi connectivity index (χ3n) is 2.92. The maximum absolute atomic E-state index is 5.91. The number of benzene rings is 1. The lowest BCUT2D eigenvalue weighted by Gasteiger charge is -2.08. The van der Waals surface area contributed by atoms with Gasteiger partial charge in [0.05, 0.1) is 11.0 Å². The molecule has 0 fully saturated rings. The van der Waals surface area contributed by atoms with E-state index in [1.165, 1.54) is 18.6 Å².